The van der Waals surface area contributed by atoms with E-state index in [1.54, 1.807) is 0 Å². The monoisotopic (exact) mass is 162 g/mol. The average Bonchev–Trinajstić information content (AvgIpc) is 1.63. The molecule has 42 valence electrons. The average molecular weight is 163 g/mol. The Morgan fingerprint density at radius 2 is 2.14 bits per heavy atom. The van der Waals surface area contributed by atoms with Gasteiger partial charge >= 0.3 is 0 Å². The first-order valence-corrected chi connectivity index (χ1v) is 3.61. The quantitative estimate of drug-likeness (QED) is 0.481. The van der Waals surface area contributed by atoms with Crippen molar-refractivity contribution in [2.45, 2.75) is 31.0 Å². The van der Waals surface area contributed by atoms with E-state index < -0.39 is 0 Å². The van der Waals surface area contributed by atoms with Crippen LogP contribution in [0.4, 0.5) is 0 Å². The molecule has 0 N–H and O–H groups in total. The summed E-state index contributed by atoms with van der Waals surface area (Å²) in [5, 5.41) is 0. The molecule has 0 nitrogen and oxygen atoms in total. The van der Waals surface area contributed by atoms with Crippen molar-refractivity contribution in [2.75, 3.05) is 0 Å². The third-order valence-electron chi connectivity index (χ3n) is 2.09. The van der Waals surface area contributed by atoms with Gasteiger partial charge in [-0.05, 0) is 25.7 Å². The van der Waals surface area contributed by atoms with Gasteiger partial charge in [-0.15, -0.1) is 0 Å². The van der Waals surface area contributed by atoms with Crippen molar-refractivity contribution in [1.82, 2.24) is 0 Å². The molecule has 0 aromatic heterocycles. The van der Waals surface area contributed by atoms with Crippen LogP contribution in [-0.2, 0) is 0 Å². The first kappa shape index (κ1) is 5.61. The highest BCUT2D eigenvalue weighted by Gasteiger charge is 2.36. The van der Waals surface area contributed by atoms with Gasteiger partial charge in [-0.3, -0.25) is 0 Å². The van der Waals surface area contributed by atoms with E-state index in [-0.39, 0.29) is 0 Å². The molecule has 2 atom stereocenters. The highest BCUT2D eigenvalue weighted by atomic mass is 79.9. The molecule has 0 unspecified atom stereocenters. The van der Waals surface area contributed by atoms with Gasteiger partial charge in [0.1, 0.15) is 0 Å². The third kappa shape index (κ3) is 0.835. The molecule has 1 saturated carbocycles. The molecule has 1 aliphatic carbocycles. The molecule has 0 aromatic rings. The van der Waals surface area contributed by atoms with E-state index in [0.717, 1.165) is 5.92 Å². The molecular formula is C6H11Br. The molecule has 0 aromatic carbocycles. The summed E-state index contributed by atoms with van der Waals surface area (Å²) in [6, 6.07) is 0. The molecule has 1 aliphatic rings. The fourth-order valence-electron chi connectivity index (χ4n) is 0.831. The smallest absolute Gasteiger partial charge is 0.0255 e. The van der Waals surface area contributed by atoms with Crippen LogP contribution in [0.25, 0.3) is 0 Å². The summed E-state index contributed by atoms with van der Waals surface area (Å²) >= 11 is 3.63. The third-order valence-corrected chi connectivity index (χ3v) is 3.27. The Balaban J connectivity index is 2.43. The summed E-state index contributed by atoms with van der Waals surface area (Å²) in [6.07, 6.45) is 2.76. The number of halogens is 1. The summed E-state index contributed by atoms with van der Waals surface area (Å²) in [5.74, 6) is 0.896. The van der Waals surface area contributed by atoms with E-state index in [2.05, 4.69) is 29.8 Å². The molecule has 0 heterocycles. The van der Waals surface area contributed by atoms with E-state index in [9.17, 15) is 0 Å². The second-order valence-electron chi connectivity index (χ2n) is 2.72. The second kappa shape index (κ2) is 1.48. The molecule has 0 saturated heterocycles. The maximum Gasteiger partial charge on any atom is 0.0255 e. The Labute approximate surface area is 53.4 Å². The molecule has 1 fully saturated rings. The SMILES string of the molecule is C[C@@H]1CC[C@@]1(C)Br. The first-order chi connectivity index (χ1) is 3.13. The first-order valence-electron chi connectivity index (χ1n) is 2.82. The molecular weight excluding hydrogens is 152 g/mol. The molecule has 0 radical (unpaired) electrons. The van der Waals surface area contributed by atoms with Crippen molar-refractivity contribution in [3.63, 3.8) is 0 Å². The maximum atomic E-state index is 3.63. The summed E-state index contributed by atoms with van der Waals surface area (Å²) in [4.78, 5) is 0. The minimum absolute atomic E-state index is 0.493. The molecule has 7 heavy (non-hydrogen) atoms. The summed E-state index contributed by atoms with van der Waals surface area (Å²) in [5.41, 5.74) is 0. The summed E-state index contributed by atoms with van der Waals surface area (Å²) in [7, 11) is 0. The van der Waals surface area contributed by atoms with Gasteiger partial charge in [-0.2, -0.15) is 0 Å². The van der Waals surface area contributed by atoms with Gasteiger partial charge in [0, 0.05) is 4.32 Å². The van der Waals surface area contributed by atoms with E-state index >= 15 is 0 Å². The van der Waals surface area contributed by atoms with Crippen LogP contribution in [0.1, 0.15) is 26.7 Å². The van der Waals surface area contributed by atoms with Gasteiger partial charge in [0.25, 0.3) is 0 Å². The van der Waals surface area contributed by atoms with Gasteiger partial charge in [-0.1, -0.05) is 22.9 Å². The summed E-state index contributed by atoms with van der Waals surface area (Å²) < 4.78 is 0.493. The zero-order chi connectivity index (χ0) is 5.49. The largest absolute Gasteiger partial charge is 0.0853 e. The van der Waals surface area contributed by atoms with Gasteiger partial charge in [-0.25, -0.2) is 0 Å². The standard InChI is InChI=1S/C6H11Br/c1-5-3-4-6(5,2)7/h5H,3-4H2,1-2H3/t5-,6-/m1/s1. The second-order valence-corrected chi connectivity index (χ2v) is 4.53. The highest BCUT2D eigenvalue weighted by molar-refractivity contribution is 9.10. The highest BCUT2D eigenvalue weighted by Crippen LogP contribution is 2.44. The van der Waals surface area contributed by atoms with Crippen molar-refractivity contribution < 1.29 is 0 Å². The van der Waals surface area contributed by atoms with Crippen LogP contribution >= 0.6 is 15.9 Å². The lowest BCUT2D eigenvalue weighted by Gasteiger charge is -2.40. The van der Waals surface area contributed by atoms with E-state index in [4.69, 9.17) is 0 Å². The van der Waals surface area contributed by atoms with Crippen LogP contribution in [0.3, 0.4) is 0 Å². The Kier molecular flexibility index (Phi) is 1.18. The predicted octanol–water partition coefficient (Wildman–Crippen LogP) is 2.57. The molecule has 1 heteroatoms. The van der Waals surface area contributed by atoms with Crippen molar-refractivity contribution in [1.29, 1.82) is 0 Å². The van der Waals surface area contributed by atoms with Gasteiger partial charge in [0.2, 0.25) is 0 Å². The Morgan fingerprint density at radius 1 is 1.71 bits per heavy atom. The molecule has 1 rings (SSSR count). The Bertz CT molecular complexity index is 76.2. The lowest BCUT2D eigenvalue weighted by molar-refractivity contribution is 0.267. The fraction of sp³-hybridized carbons (Fsp3) is 1.00. The maximum absolute atomic E-state index is 3.63. The van der Waals surface area contributed by atoms with Gasteiger partial charge in [0.15, 0.2) is 0 Å². The van der Waals surface area contributed by atoms with Crippen molar-refractivity contribution in [3.05, 3.63) is 0 Å². The van der Waals surface area contributed by atoms with E-state index in [0.29, 0.717) is 4.32 Å². The van der Waals surface area contributed by atoms with Crippen molar-refractivity contribution in [2.24, 2.45) is 5.92 Å². The topological polar surface area (TPSA) is 0 Å². The summed E-state index contributed by atoms with van der Waals surface area (Å²) in [6.45, 7) is 4.55. The number of hydrogen-bond donors (Lipinski definition) is 0. The normalized spacial score (nSPS) is 51.0. The van der Waals surface area contributed by atoms with Crippen LogP contribution in [0.15, 0.2) is 0 Å². The van der Waals surface area contributed by atoms with Crippen LogP contribution in [-0.4, -0.2) is 4.32 Å². The van der Waals surface area contributed by atoms with Crippen LogP contribution in [0.5, 0.6) is 0 Å². The molecule has 0 amide bonds. The minimum atomic E-state index is 0.493. The number of rotatable bonds is 0. The van der Waals surface area contributed by atoms with Gasteiger partial charge in [0.05, 0.1) is 0 Å². The molecule has 0 aliphatic heterocycles. The fourth-order valence-corrected chi connectivity index (χ4v) is 1.29. The Morgan fingerprint density at radius 3 is 2.14 bits per heavy atom. The van der Waals surface area contributed by atoms with E-state index in [1.165, 1.54) is 12.8 Å². The van der Waals surface area contributed by atoms with Crippen LogP contribution < -0.4 is 0 Å². The lowest BCUT2D eigenvalue weighted by atomic mass is 9.76. The van der Waals surface area contributed by atoms with Crippen LogP contribution in [0.2, 0.25) is 0 Å². The van der Waals surface area contributed by atoms with Crippen molar-refractivity contribution >= 4 is 15.9 Å². The number of alkyl halides is 1. The van der Waals surface area contributed by atoms with Gasteiger partial charge < -0.3 is 0 Å². The lowest BCUT2D eigenvalue weighted by Crippen LogP contribution is -2.35. The number of hydrogen-bond acceptors (Lipinski definition) is 0. The predicted molar refractivity (Wildman–Crippen MR) is 35.7 cm³/mol. The Hall–Kier alpha value is 0.480. The minimum Gasteiger partial charge on any atom is -0.0853 e. The van der Waals surface area contributed by atoms with Crippen LogP contribution in [0, 0.1) is 5.92 Å². The molecule has 0 spiro atoms. The van der Waals surface area contributed by atoms with E-state index in [1.807, 2.05) is 0 Å². The molecule has 0 bridgehead atoms. The zero-order valence-corrected chi connectivity index (χ0v) is 6.46. The van der Waals surface area contributed by atoms with Crippen molar-refractivity contribution in [3.8, 4) is 0 Å². The zero-order valence-electron chi connectivity index (χ0n) is 4.87.